The van der Waals surface area contributed by atoms with Crippen molar-refractivity contribution in [3.63, 3.8) is 0 Å². The van der Waals surface area contributed by atoms with Gasteiger partial charge in [0.1, 0.15) is 11.4 Å². The van der Waals surface area contributed by atoms with Crippen LogP contribution in [0.2, 0.25) is 0 Å². The van der Waals surface area contributed by atoms with Crippen LogP contribution in [0.15, 0.2) is 18.2 Å². The number of hydrogen-bond acceptors (Lipinski definition) is 5. The van der Waals surface area contributed by atoms with Crippen LogP contribution in [0.25, 0.3) is 0 Å². The van der Waals surface area contributed by atoms with E-state index in [1.54, 1.807) is 12.1 Å². The number of nitro groups is 1. The van der Waals surface area contributed by atoms with Crippen LogP contribution < -0.4 is 15.4 Å². The Morgan fingerprint density at radius 3 is 2.88 bits per heavy atom. The highest BCUT2D eigenvalue weighted by Gasteiger charge is 2.26. The summed E-state index contributed by atoms with van der Waals surface area (Å²) < 4.78 is 5.00. The van der Waals surface area contributed by atoms with Crippen molar-refractivity contribution in [2.75, 3.05) is 25.1 Å². The highest BCUT2D eigenvalue weighted by atomic mass is 16.6. The Balaban J connectivity index is 2.35. The van der Waals surface area contributed by atoms with E-state index in [1.807, 2.05) is 4.90 Å². The first-order valence-electron chi connectivity index (χ1n) is 5.45. The smallest absolute Gasteiger partial charge is 0.296 e. The number of nitro benzene ring substituents is 1. The average molecular weight is 237 g/mol. The molecule has 2 rings (SSSR count). The molecule has 1 unspecified atom stereocenters. The van der Waals surface area contributed by atoms with E-state index in [2.05, 4.69) is 0 Å². The van der Waals surface area contributed by atoms with Gasteiger partial charge in [0.05, 0.1) is 18.1 Å². The summed E-state index contributed by atoms with van der Waals surface area (Å²) >= 11 is 0. The standard InChI is InChI=1S/C11H15N3O3/c1-17-9-2-3-10(11(6-9)14(15)16)13-5-4-8(12)7-13/h2-3,6,8H,4-5,7,12H2,1H3. The number of nitrogens with two attached hydrogens (primary N) is 1. The number of methoxy groups -OCH3 is 1. The molecule has 1 aromatic rings. The first-order valence-corrected chi connectivity index (χ1v) is 5.45. The molecular formula is C11H15N3O3. The van der Waals surface area contributed by atoms with E-state index < -0.39 is 0 Å². The molecule has 2 N–H and O–H groups in total. The van der Waals surface area contributed by atoms with Crippen LogP contribution in [0.3, 0.4) is 0 Å². The molecule has 0 spiro atoms. The molecule has 0 radical (unpaired) electrons. The first kappa shape index (κ1) is 11.7. The summed E-state index contributed by atoms with van der Waals surface area (Å²) in [6, 6.07) is 4.98. The molecule has 0 bridgehead atoms. The quantitative estimate of drug-likeness (QED) is 0.629. The lowest BCUT2D eigenvalue weighted by molar-refractivity contribution is -0.384. The Morgan fingerprint density at radius 2 is 2.35 bits per heavy atom. The van der Waals surface area contributed by atoms with Crippen LogP contribution in [-0.4, -0.2) is 31.2 Å². The monoisotopic (exact) mass is 237 g/mol. The first-order chi connectivity index (χ1) is 8.11. The van der Waals surface area contributed by atoms with Crippen molar-refractivity contribution < 1.29 is 9.66 Å². The molecule has 1 aliphatic rings. The molecule has 92 valence electrons. The summed E-state index contributed by atoms with van der Waals surface area (Å²) in [6.07, 6.45) is 0.864. The van der Waals surface area contributed by atoms with Crippen LogP contribution in [0.1, 0.15) is 6.42 Å². The number of nitrogens with zero attached hydrogens (tertiary/aromatic N) is 2. The van der Waals surface area contributed by atoms with Crippen molar-refractivity contribution in [1.82, 2.24) is 0 Å². The molecule has 6 nitrogen and oxygen atoms in total. The van der Waals surface area contributed by atoms with Gasteiger partial charge in [-0.25, -0.2) is 0 Å². The fraction of sp³-hybridized carbons (Fsp3) is 0.455. The van der Waals surface area contributed by atoms with Gasteiger partial charge in [-0.05, 0) is 18.6 Å². The summed E-state index contributed by atoms with van der Waals surface area (Å²) in [5, 5.41) is 11.0. The molecule has 1 atom stereocenters. The topological polar surface area (TPSA) is 81.6 Å². The predicted octanol–water partition coefficient (Wildman–Crippen LogP) is 1.14. The van der Waals surface area contributed by atoms with Gasteiger partial charge in [0.25, 0.3) is 5.69 Å². The average Bonchev–Trinajstić information content (AvgIpc) is 2.75. The number of hydrogen-bond donors (Lipinski definition) is 1. The lowest BCUT2D eigenvalue weighted by atomic mass is 10.2. The molecule has 0 amide bonds. The van der Waals surface area contributed by atoms with Gasteiger partial charge in [0, 0.05) is 19.1 Å². The summed E-state index contributed by atoms with van der Waals surface area (Å²) in [5.41, 5.74) is 6.49. The van der Waals surface area contributed by atoms with Gasteiger partial charge in [0.2, 0.25) is 0 Å². The largest absolute Gasteiger partial charge is 0.496 e. The number of rotatable bonds is 3. The Hall–Kier alpha value is -1.82. The highest BCUT2D eigenvalue weighted by Crippen LogP contribution is 2.33. The second kappa shape index (κ2) is 4.58. The zero-order chi connectivity index (χ0) is 12.4. The highest BCUT2D eigenvalue weighted by molar-refractivity contribution is 5.66. The summed E-state index contributed by atoms with van der Waals surface area (Å²) in [7, 11) is 1.49. The van der Waals surface area contributed by atoms with E-state index in [4.69, 9.17) is 10.5 Å². The predicted molar refractivity (Wildman–Crippen MR) is 64.5 cm³/mol. The second-order valence-electron chi connectivity index (χ2n) is 4.11. The molecule has 1 fully saturated rings. The maximum atomic E-state index is 11.0. The molecule has 0 aliphatic carbocycles. The van der Waals surface area contributed by atoms with Crippen LogP contribution >= 0.6 is 0 Å². The molecule has 6 heteroatoms. The van der Waals surface area contributed by atoms with Gasteiger partial charge in [-0.15, -0.1) is 0 Å². The fourth-order valence-electron chi connectivity index (χ4n) is 2.05. The van der Waals surface area contributed by atoms with Gasteiger partial charge >= 0.3 is 0 Å². The van der Waals surface area contributed by atoms with Gasteiger partial charge < -0.3 is 15.4 Å². The molecule has 1 heterocycles. The molecule has 0 saturated carbocycles. The van der Waals surface area contributed by atoms with Crippen LogP contribution in [0.5, 0.6) is 5.75 Å². The van der Waals surface area contributed by atoms with Crippen molar-refractivity contribution >= 4 is 11.4 Å². The minimum Gasteiger partial charge on any atom is -0.496 e. The molecular weight excluding hydrogens is 222 g/mol. The van der Waals surface area contributed by atoms with E-state index in [0.29, 0.717) is 18.0 Å². The van der Waals surface area contributed by atoms with Gasteiger partial charge in [0.15, 0.2) is 0 Å². The summed E-state index contributed by atoms with van der Waals surface area (Å²) in [5.74, 6) is 0.490. The summed E-state index contributed by atoms with van der Waals surface area (Å²) in [4.78, 5) is 12.6. The normalized spacial score (nSPS) is 19.4. The maximum Gasteiger partial charge on any atom is 0.296 e. The van der Waals surface area contributed by atoms with E-state index in [1.165, 1.54) is 13.2 Å². The van der Waals surface area contributed by atoms with E-state index in [-0.39, 0.29) is 16.7 Å². The zero-order valence-electron chi connectivity index (χ0n) is 9.63. The van der Waals surface area contributed by atoms with E-state index in [0.717, 1.165) is 13.0 Å². The molecule has 1 saturated heterocycles. The van der Waals surface area contributed by atoms with E-state index >= 15 is 0 Å². The van der Waals surface area contributed by atoms with Crippen LogP contribution in [0.4, 0.5) is 11.4 Å². The SMILES string of the molecule is COc1ccc(N2CCC(N)C2)c([N+](=O)[O-])c1. The summed E-state index contributed by atoms with van der Waals surface area (Å²) in [6.45, 7) is 1.42. The Labute approximate surface area is 99.1 Å². The van der Waals surface area contributed by atoms with Crippen molar-refractivity contribution in [3.05, 3.63) is 28.3 Å². The molecule has 17 heavy (non-hydrogen) atoms. The Kier molecular flexibility index (Phi) is 3.14. The van der Waals surface area contributed by atoms with Gasteiger partial charge in [-0.1, -0.05) is 0 Å². The number of benzene rings is 1. The van der Waals surface area contributed by atoms with Crippen molar-refractivity contribution in [2.45, 2.75) is 12.5 Å². The third-order valence-corrected chi connectivity index (χ3v) is 2.94. The van der Waals surface area contributed by atoms with Crippen LogP contribution in [-0.2, 0) is 0 Å². The maximum absolute atomic E-state index is 11.0. The van der Waals surface area contributed by atoms with Gasteiger partial charge in [-0.2, -0.15) is 0 Å². The van der Waals surface area contributed by atoms with Gasteiger partial charge in [-0.3, -0.25) is 10.1 Å². The zero-order valence-corrected chi connectivity index (χ0v) is 9.63. The minimum absolute atomic E-state index is 0.0680. The van der Waals surface area contributed by atoms with E-state index in [9.17, 15) is 10.1 Å². The third-order valence-electron chi connectivity index (χ3n) is 2.94. The molecule has 0 aromatic heterocycles. The fourth-order valence-corrected chi connectivity index (χ4v) is 2.05. The molecule has 1 aliphatic heterocycles. The van der Waals surface area contributed by atoms with Crippen molar-refractivity contribution in [1.29, 1.82) is 0 Å². The Morgan fingerprint density at radius 1 is 1.59 bits per heavy atom. The van der Waals surface area contributed by atoms with Crippen molar-refractivity contribution in [3.8, 4) is 5.75 Å². The molecule has 1 aromatic carbocycles. The van der Waals surface area contributed by atoms with Crippen LogP contribution in [0, 0.1) is 10.1 Å². The Bertz CT molecular complexity index is 436. The lowest BCUT2D eigenvalue weighted by Gasteiger charge is -2.18. The number of anilines is 1. The number of ether oxygens (including phenoxy) is 1. The lowest BCUT2D eigenvalue weighted by Crippen LogP contribution is -2.26. The minimum atomic E-state index is -0.387. The second-order valence-corrected chi connectivity index (χ2v) is 4.11. The third kappa shape index (κ3) is 2.31. The van der Waals surface area contributed by atoms with Crippen molar-refractivity contribution in [2.24, 2.45) is 5.73 Å².